The Morgan fingerprint density at radius 2 is 1.89 bits per heavy atom. The Hall–Kier alpha value is -1.96. The zero-order valence-electron chi connectivity index (χ0n) is 15.2. The van der Waals surface area contributed by atoms with Gasteiger partial charge in [0.1, 0.15) is 11.6 Å². The summed E-state index contributed by atoms with van der Waals surface area (Å²) in [6, 6.07) is 8.57. The van der Waals surface area contributed by atoms with E-state index in [-0.39, 0.29) is 5.75 Å². The Bertz CT molecular complexity index is 754. The maximum atomic E-state index is 12.6. The number of nitrogens with zero attached hydrogens (tertiary/aromatic N) is 3. The molecule has 1 aliphatic heterocycles. The van der Waals surface area contributed by atoms with Crippen LogP contribution in [0.25, 0.3) is 0 Å². The predicted octanol–water partition coefficient (Wildman–Crippen LogP) is 3.38. The van der Waals surface area contributed by atoms with Gasteiger partial charge in [-0.1, -0.05) is 17.7 Å². The predicted molar refractivity (Wildman–Crippen MR) is 103 cm³/mol. The van der Waals surface area contributed by atoms with Gasteiger partial charge in [0.25, 0.3) is 0 Å². The molecule has 27 heavy (non-hydrogen) atoms. The summed E-state index contributed by atoms with van der Waals surface area (Å²) in [4.78, 5) is 9.12. The second-order valence-electron chi connectivity index (χ2n) is 6.51. The Balaban J connectivity index is 1.65. The maximum Gasteiger partial charge on any atom is 0.387 e. The molecule has 146 valence electrons. The van der Waals surface area contributed by atoms with Crippen LogP contribution < -0.4 is 15.0 Å². The lowest BCUT2D eigenvalue weighted by Gasteiger charge is -2.34. The highest BCUT2D eigenvalue weighted by atomic mass is 35.5. The van der Waals surface area contributed by atoms with Gasteiger partial charge >= 0.3 is 6.61 Å². The van der Waals surface area contributed by atoms with E-state index in [0.29, 0.717) is 23.7 Å². The topological polar surface area (TPSA) is 40.6 Å². The van der Waals surface area contributed by atoms with Crippen LogP contribution in [0.1, 0.15) is 11.1 Å². The van der Waals surface area contributed by atoms with Crippen molar-refractivity contribution < 1.29 is 13.5 Å². The minimum atomic E-state index is -2.87. The Kier molecular flexibility index (Phi) is 6.82. The number of benzene rings is 1. The first kappa shape index (κ1) is 19.8. The van der Waals surface area contributed by atoms with Crippen molar-refractivity contribution in [1.82, 2.24) is 15.2 Å². The van der Waals surface area contributed by atoms with E-state index >= 15 is 0 Å². The van der Waals surface area contributed by atoms with Crippen LogP contribution in [-0.4, -0.2) is 49.7 Å². The van der Waals surface area contributed by atoms with E-state index in [2.05, 4.69) is 31.9 Å². The summed E-state index contributed by atoms with van der Waals surface area (Å²) in [6.45, 7) is 1.92. The van der Waals surface area contributed by atoms with Crippen molar-refractivity contribution in [1.29, 1.82) is 0 Å². The van der Waals surface area contributed by atoms with Gasteiger partial charge in [0.2, 0.25) is 0 Å². The van der Waals surface area contributed by atoms with Gasteiger partial charge in [-0.05, 0) is 31.3 Å². The number of nitrogens with one attached hydrogen (secondary N) is 1. The minimum absolute atomic E-state index is 0.132. The molecule has 1 saturated heterocycles. The van der Waals surface area contributed by atoms with Crippen molar-refractivity contribution in [2.24, 2.45) is 0 Å². The fraction of sp³-hybridized carbons (Fsp3) is 0.421. The lowest BCUT2D eigenvalue weighted by Crippen LogP contribution is -2.45. The molecule has 1 aromatic heterocycles. The number of likely N-dealkylation sites (N-methyl/N-ethyl adjacent to an activating group) is 1. The summed E-state index contributed by atoms with van der Waals surface area (Å²) in [7, 11) is 2.11. The largest absolute Gasteiger partial charge is 0.434 e. The summed E-state index contributed by atoms with van der Waals surface area (Å²) in [5.41, 5.74) is 1.66. The van der Waals surface area contributed by atoms with Gasteiger partial charge in [-0.3, -0.25) is 0 Å². The van der Waals surface area contributed by atoms with Crippen LogP contribution >= 0.6 is 11.6 Å². The molecular formula is C19H23ClF2N4O. The molecule has 0 radical (unpaired) electrons. The first-order chi connectivity index (χ1) is 13.0. The molecule has 5 nitrogen and oxygen atoms in total. The molecule has 0 bridgehead atoms. The summed E-state index contributed by atoms with van der Waals surface area (Å²) < 4.78 is 29.7. The van der Waals surface area contributed by atoms with Crippen LogP contribution in [0.4, 0.5) is 14.6 Å². The molecule has 2 heterocycles. The SMILES string of the molecule is CN1CCN(c2ncccc2CNCc2cc(Cl)ccc2OC(F)F)CC1. The molecule has 1 aromatic carbocycles. The molecule has 0 spiro atoms. The smallest absolute Gasteiger partial charge is 0.387 e. The van der Waals surface area contributed by atoms with E-state index in [1.54, 1.807) is 12.3 Å². The molecule has 0 atom stereocenters. The van der Waals surface area contributed by atoms with Gasteiger partial charge in [-0.2, -0.15) is 8.78 Å². The monoisotopic (exact) mass is 396 g/mol. The number of hydrogen-bond acceptors (Lipinski definition) is 5. The van der Waals surface area contributed by atoms with Crippen LogP contribution in [0.15, 0.2) is 36.5 Å². The zero-order valence-corrected chi connectivity index (χ0v) is 15.9. The number of piperazine rings is 1. The second kappa shape index (κ2) is 9.30. The molecule has 3 rings (SSSR count). The van der Waals surface area contributed by atoms with Crippen LogP contribution in [0, 0.1) is 0 Å². The molecule has 0 unspecified atom stereocenters. The van der Waals surface area contributed by atoms with Crippen molar-refractivity contribution in [3.63, 3.8) is 0 Å². The number of anilines is 1. The number of halogens is 3. The Morgan fingerprint density at radius 3 is 2.63 bits per heavy atom. The van der Waals surface area contributed by atoms with Gasteiger partial charge in [0, 0.05) is 61.6 Å². The number of alkyl halides is 2. The summed E-state index contributed by atoms with van der Waals surface area (Å²) in [5.74, 6) is 1.10. The normalized spacial score (nSPS) is 15.4. The summed E-state index contributed by atoms with van der Waals surface area (Å²) in [6.07, 6.45) is 1.79. The molecule has 0 aliphatic carbocycles. The molecule has 2 aromatic rings. The number of pyridine rings is 1. The fourth-order valence-electron chi connectivity index (χ4n) is 3.10. The first-order valence-electron chi connectivity index (χ1n) is 8.84. The fourth-order valence-corrected chi connectivity index (χ4v) is 3.29. The molecule has 1 N–H and O–H groups in total. The highest BCUT2D eigenvalue weighted by Gasteiger charge is 2.18. The zero-order chi connectivity index (χ0) is 19.2. The summed E-state index contributed by atoms with van der Waals surface area (Å²) >= 11 is 6.00. The van der Waals surface area contributed by atoms with E-state index in [9.17, 15) is 8.78 Å². The molecular weight excluding hydrogens is 374 g/mol. The molecule has 1 fully saturated rings. The lowest BCUT2D eigenvalue weighted by molar-refractivity contribution is -0.0505. The molecule has 0 saturated carbocycles. The van der Waals surface area contributed by atoms with Gasteiger partial charge < -0.3 is 19.9 Å². The van der Waals surface area contributed by atoms with Gasteiger partial charge in [0.15, 0.2) is 0 Å². The van der Waals surface area contributed by atoms with Crippen LogP contribution in [-0.2, 0) is 13.1 Å². The van der Waals surface area contributed by atoms with Crippen LogP contribution in [0.3, 0.4) is 0 Å². The molecule has 1 aliphatic rings. The van der Waals surface area contributed by atoms with E-state index in [4.69, 9.17) is 11.6 Å². The van der Waals surface area contributed by atoms with E-state index < -0.39 is 6.61 Å². The first-order valence-corrected chi connectivity index (χ1v) is 9.22. The minimum Gasteiger partial charge on any atom is -0.434 e. The number of hydrogen-bond donors (Lipinski definition) is 1. The van der Waals surface area contributed by atoms with Gasteiger partial charge in [-0.25, -0.2) is 4.98 Å². The molecule has 8 heteroatoms. The number of rotatable bonds is 7. The third-order valence-corrected chi connectivity index (χ3v) is 4.77. The van der Waals surface area contributed by atoms with Gasteiger partial charge in [0.05, 0.1) is 0 Å². The molecule has 0 amide bonds. The third-order valence-electron chi connectivity index (χ3n) is 4.54. The van der Waals surface area contributed by atoms with Crippen molar-refractivity contribution in [3.05, 3.63) is 52.7 Å². The average Bonchev–Trinajstić information content (AvgIpc) is 2.65. The average molecular weight is 397 g/mol. The van der Waals surface area contributed by atoms with Crippen molar-refractivity contribution in [2.75, 3.05) is 38.1 Å². The quantitative estimate of drug-likeness (QED) is 0.777. The number of aromatic nitrogens is 1. The highest BCUT2D eigenvalue weighted by Crippen LogP contribution is 2.25. The van der Waals surface area contributed by atoms with Crippen molar-refractivity contribution >= 4 is 17.4 Å². The van der Waals surface area contributed by atoms with Gasteiger partial charge in [-0.15, -0.1) is 0 Å². The van der Waals surface area contributed by atoms with Crippen molar-refractivity contribution in [2.45, 2.75) is 19.7 Å². The van der Waals surface area contributed by atoms with E-state index in [1.165, 1.54) is 12.1 Å². The van der Waals surface area contributed by atoms with Crippen molar-refractivity contribution in [3.8, 4) is 5.75 Å². The van der Waals surface area contributed by atoms with Crippen LogP contribution in [0.5, 0.6) is 5.75 Å². The summed E-state index contributed by atoms with van der Waals surface area (Å²) in [5, 5.41) is 3.77. The maximum absolute atomic E-state index is 12.6. The van der Waals surface area contributed by atoms with E-state index in [0.717, 1.165) is 37.6 Å². The Morgan fingerprint density at radius 1 is 1.15 bits per heavy atom. The highest BCUT2D eigenvalue weighted by molar-refractivity contribution is 6.30. The standard InChI is InChI=1S/C19H23ClF2N4O/c1-25-7-9-26(10-8-25)18-14(3-2-6-24-18)12-23-13-15-11-16(20)4-5-17(15)27-19(21)22/h2-6,11,19,23H,7-10,12-13H2,1H3. The second-order valence-corrected chi connectivity index (χ2v) is 6.95. The van der Waals surface area contributed by atoms with Crippen LogP contribution in [0.2, 0.25) is 5.02 Å². The Labute approximate surface area is 162 Å². The third kappa shape index (κ3) is 5.51. The lowest BCUT2D eigenvalue weighted by atomic mass is 10.2. The number of ether oxygens (including phenoxy) is 1. The van der Waals surface area contributed by atoms with E-state index in [1.807, 2.05) is 12.1 Å².